The largest absolute Gasteiger partial charge is 0.337 e. The SMILES string of the molecule is CNCCCN(C)S(=O)(=O)NCc1nccn1C. The molecule has 0 atom stereocenters. The highest BCUT2D eigenvalue weighted by Gasteiger charge is 2.17. The van der Waals surface area contributed by atoms with Gasteiger partial charge in [-0.25, -0.2) is 4.98 Å². The molecule has 0 unspecified atom stereocenters. The van der Waals surface area contributed by atoms with Crippen LogP contribution >= 0.6 is 0 Å². The standard InChI is InChI=1S/C10H21N5O2S/c1-11-5-4-7-15(3)18(16,17)13-9-10-12-6-8-14(10)2/h6,8,11,13H,4-5,7,9H2,1-3H3. The van der Waals surface area contributed by atoms with Gasteiger partial charge in [-0.2, -0.15) is 17.4 Å². The van der Waals surface area contributed by atoms with Crippen molar-refractivity contribution < 1.29 is 8.42 Å². The summed E-state index contributed by atoms with van der Waals surface area (Å²) in [5.41, 5.74) is 0. The Hall–Kier alpha value is -0.960. The van der Waals surface area contributed by atoms with Crippen molar-refractivity contribution in [2.75, 3.05) is 27.2 Å². The normalized spacial score (nSPS) is 12.2. The van der Waals surface area contributed by atoms with Gasteiger partial charge >= 0.3 is 0 Å². The summed E-state index contributed by atoms with van der Waals surface area (Å²) in [6.07, 6.45) is 4.19. The Labute approximate surface area is 108 Å². The molecule has 0 spiro atoms. The molecule has 0 aliphatic carbocycles. The van der Waals surface area contributed by atoms with Crippen LogP contribution in [0.4, 0.5) is 0 Å². The van der Waals surface area contributed by atoms with Crippen molar-refractivity contribution in [3.05, 3.63) is 18.2 Å². The number of nitrogens with one attached hydrogen (secondary N) is 2. The molecule has 104 valence electrons. The number of hydrogen-bond acceptors (Lipinski definition) is 4. The number of rotatable bonds is 8. The van der Waals surface area contributed by atoms with Crippen molar-refractivity contribution in [1.82, 2.24) is 23.9 Å². The van der Waals surface area contributed by atoms with Crippen LogP contribution < -0.4 is 10.0 Å². The Morgan fingerprint density at radius 1 is 1.50 bits per heavy atom. The maximum Gasteiger partial charge on any atom is 0.279 e. The molecular formula is C10H21N5O2S. The van der Waals surface area contributed by atoms with Gasteiger partial charge in [0.15, 0.2) is 0 Å². The molecule has 0 fully saturated rings. The lowest BCUT2D eigenvalue weighted by atomic mass is 10.4. The minimum Gasteiger partial charge on any atom is -0.337 e. The highest BCUT2D eigenvalue weighted by molar-refractivity contribution is 7.87. The van der Waals surface area contributed by atoms with Gasteiger partial charge in [-0.15, -0.1) is 0 Å². The molecule has 1 heterocycles. The van der Waals surface area contributed by atoms with Gasteiger partial charge in [0.25, 0.3) is 10.2 Å². The van der Waals surface area contributed by atoms with E-state index >= 15 is 0 Å². The first-order valence-corrected chi connectivity index (χ1v) is 7.23. The molecule has 0 aliphatic heterocycles. The zero-order chi connectivity index (χ0) is 13.6. The fourth-order valence-electron chi connectivity index (χ4n) is 1.43. The zero-order valence-corrected chi connectivity index (χ0v) is 11.9. The smallest absolute Gasteiger partial charge is 0.279 e. The molecule has 8 heteroatoms. The van der Waals surface area contributed by atoms with E-state index in [4.69, 9.17) is 0 Å². The number of imidazole rings is 1. The fraction of sp³-hybridized carbons (Fsp3) is 0.700. The van der Waals surface area contributed by atoms with Gasteiger partial charge in [-0.3, -0.25) is 0 Å². The molecule has 7 nitrogen and oxygen atoms in total. The molecule has 1 aromatic heterocycles. The average molecular weight is 275 g/mol. The van der Waals surface area contributed by atoms with Gasteiger partial charge in [0.1, 0.15) is 5.82 Å². The van der Waals surface area contributed by atoms with E-state index in [0.29, 0.717) is 12.4 Å². The first kappa shape index (κ1) is 15.1. The van der Waals surface area contributed by atoms with Crippen molar-refractivity contribution in [2.45, 2.75) is 13.0 Å². The molecule has 2 N–H and O–H groups in total. The summed E-state index contributed by atoms with van der Waals surface area (Å²) in [5, 5.41) is 2.98. The molecule has 0 aromatic carbocycles. The number of aromatic nitrogens is 2. The first-order valence-electron chi connectivity index (χ1n) is 5.79. The van der Waals surface area contributed by atoms with Gasteiger partial charge < -0.3 is 9.88 Å². The lowest BCUT2D eigenvalue weighted by molar-refractivity contribution is 0.446. The molecule has 0 amide bonds. The second-order valence-electron chi connectivity index (χ2n) is 4.06. The van der Waals surface area contributed by atoms with Crippen molar-refractivity contribution >= 4 is 10.2 Å². The van der Waals surface area contributed by atoms with Gasteiger partial charge in [0, 0.05) is 33.0 Å². The second kappa shape index (κ2) is 6.83. The summed E-state index contributed by atoms with van der Waals surface area (Å²) >= 11 is 0. The summed E-state index contributed by atoms with van der Waals surface area (Å²) in [4.78, 5) is 4.06. The predicted molar refractivity (Wildman–Crippen MR) is 70.1 cm³/mol. The summed E-state index contributed by atoms with van der Waals surface area (Å²) < 4.78 is 29.4. The fourth-order valence-corrected chi connectivity index (χ4v) is 2.33. The lowest BCUT2D eigenvalue weighted by Gasteiger charge is -2.17. The summed E-state index contributed by atoms with van der Waals surface area (Å²) in [6, 6.07) is 0. The van der Waals surface area contributed by atoms with E-state index in [1.54, 1.807) is 24.0 Å². The van der Waals surface area contributed by atoms with E-state index in [2.05, 4.69) is 15.0 Å². The molecule has 0 bridgehead atoms. The monoisotopic (exact) mass is 275 g/mol. The molecule has 0 radical (unpaired) electrons. The third-order valence-corrected chi connectivity index (χ3v) is 4.16. The average Bonchev–Trinajstić information content (AvgIpc) is 2.72. The molecular weight excluding hydrogens is 254 g/mol. The van der Waals surface area contributed by atoms with Crippen LogP contribution in [0, 0.1) is 0 Å². The highest BCUT2D eigenvalue weighted by atomic mass is 32.2. The van der Waals surface area contributed by atoms with Crippen molar-refractivity contribution in [1.29, 1.82) is 0 Å². The van der Waals surface area contributed by atoms with Crippen LogP contribution in [0.5, 0.6) is 0 Å². The van der Waals surface area contributed by atoms with E-state index in [-0.39, 0.29) is 6.54 Å². The van der Waals surface area contributed by atoms with Crippen molar-refractivity contribution in [3.63, 3.8) is 0 Å². The van der Waals surface area contributed by atoms with E-state index < -0.39 is 10.2 Å². The Morgan fingerprint density at radius 2 is 2.22 bits per heavy atom. The van der Waals surface area contributed by atoms with Gasteiger partial charge in [-0.1, -0.05) is 0 Å². The van der Waals surface area contributed by atoms with Crippen LogP contribution in [-0.2, 0) is 23.8 Å². The first-order chi connectivity index (χ1) is 8.47. The van der Waals surface area contributed by atoms with Crippen LogP contribution in [0.2, 0.25) is 0 Å². The van der Waals surface area contributed by atoms with E-state index in [1.165, 1.54) is 4.31 Å². The second-order valence-corrected chi connectivity index (χ2v) is 5.92. The minimum atomic E-state index is -3.43. The predicted octanol–water partition coefficient (Wildman–Crippen LogP) is -0.704. The van der Waals surface area contributed by atoms with Gasteiger partial charge in [0.2, 0.25) is 0 Å². The molecule has 18 heavy (non-hydrogen) atoms. The minimum absolute atomic E-state index is 0.197. The number of nitrogens with zero attached hydrogens (tertiary/aromatic N) is 3. The molecule has 1 rings (SSSR count). The van der Waals surface area contributed by atoms with Crippen LogP contribution in [0.15, 0.2) is 12.4 Å². The van der Waals surface area contributed by atoms with E-state index in [0.717, 1.165) is 13.0 Å². The van der Waals surface area contributed by atoms with Crippen LogP contribution in [0.25, 0.3) is 0 Å². The van der Waals surface area contributed by atoms with Gasteiger partial charge in [0.05, 0.1) is 6.54 Å². The van der Waals surface area contributed by atoms with Crippen LogP contribution in [0.1, 0.15) is 12.2 Å². The quantitative estimate of drug-likeness (QED) is 0.615. The summed E-state index contributed by atoms with van der Waals surface area (Å²) in [7, 11) is 1.80. The number of aryl methyl sites for hydroxylation is 1. The van der Waals surface area contributed by atoms with Crippen LogP contribution in [0.3, 0.4) is 0 Å². The van der Waals surface area contributed by atoms with Gasteiger partial charge in [-0.05, 0) is 20.0 Å². The molecule has 0 saturated heterocycles. The van der Waals surface area contributed by atoms with Crippen molar-refractivity contribution in [3.8, 4) is 0 Å². The van der Waals surface area contributed by atoms with E-state index in [1.807, 2.05) is 14.1 Å². The maximum absolute atomic E-state index is 11.9. The summed E-state index contributed by atoms with van der Waals surface area (Å²) in [6.45, 7) is 1.47. The topological polar surface area (TPSA) is 79.3 Å². The highest BCUT2D eigenvalue weighted by Crippen LogP contribution is 1.99. The Morgan fingerprint density at radius 3 is 2.78 bits per heavy atom. The van der Waals surface area contributed by atoms with Crippen LogP contribution in [-0.4, -0.2) is 49.5 Å². The Balaban J connectivity index is 2.46. The lowest BCUT2D eigenvalue weighted by Crippen LogP contribution is -2.39. The Kier molecular flexibility index (Phi) is 5.73. The van der Waals surface area contributed by atoms with Crippen molar-refractivity contribution in [2.24, 2.45) is 7.05 Å². The third kappa shape index (κ3) is 4.37. The molecule has 0 aliphatic rings. The zero-order valence-electron chi connectivity index (χ0n) is 11.0. The molecule has 1 aromatic rings. The third-order valence-electron chi connectivity index (χ3n) is 2.64. The maximum atomic E-state index is 11.9. The number of hydrogen-bond donors (Lipinski definition) is 2. The Bertz CT molecular complexity index is 457. The summed E-state index contributed by atoms with van der Waals surface area (Å²) in [5.74, 6) is 0.683. The van der Waals surface area contributed by atoms with E-state index in [9.17, 15) is 8.42 Å². The molecule has 0 saturated carbocycles.